The van der Waals surface area contributed by atoms with Crippen molar-refractivity contribution >= 4 is 17.8 Å². The highest BCUT2D eigenvalue weighted by molar-refractivity contribution is 5.94. The van der Waals surface area contributed by atoms with Crippen LogP contribution in [0, 0.1) is 0 Å². The summed E-state index contributed by atoms with van der Waals surface area (Å²) in [7, 11) is 0. The van der Waals surface area contributed by atoms with Crippen LogP contribution in [0.1, 0.15) is 41.2 Å². The number of esters is 1. The van der Waals surface area contributed by atoms with Crippen LogP contribution < -0.4 is 5.32 Å². The highest BCUT2D eigenvalue weighted by atomic mass is 16.5. The Morgan fingerprint density at radius 1 is 0.929 bits per heavy atom. The third-order valence-corrected chi connectivity index (χ3v) is 4.73. The molecule has 6 nitrogen and oxygen atoms in total. The van der Waals surface area contributed by atoms with Crippen LogP contribution in [0.25, 0.3) is 0 Å². The molecule has 0 radical (unpaired) electrons. The first-order valence-corrected chi connectivity index (χ1v) is 9.48. The monoisotopic (exact) mass is 380 g/mol. The molecule has 146 valence electrons. The standard InChI is InChI=1S/C22H24N2O4/c25-20(24-13-7-8-14-24)16-28-21(26)15-19(17-9-3-1-4-10-17)23-22(27)18-11-5-2-6-12-18/h1-6,9-12,19H,7-8,13-16H2,(H,23,27). The van der Waals surface area contributed by atoms with Crippen molar-refractivity contribution in [1.82, 2.24) is 10.2 Å². The van der Waals surface area contributed by atoms with Gasteiger partial charge < -0.3 is 15.0 Å². The zero-order valence-electron chi connectivity index (χ0n) is 15.7. The maximum atomic E-state index is 12.5. The van der Waals surface area contributed by atoms with Crippen LogP contribution in [0.3, 0.4) is 0 Å². The Labute approximate surface area is 164 Å². The van der Waals surface area contributed by atoms with Crippen LogP contribution in [0.2, 0.25) is 0 Å². The Bertz CT molecular complexity index is 802. The van der Waals surface area contributed by atoms with Gasteiger partial charge in [0.25, 0.3) is 11.8 Å². The van der Waals surface area contributed by atoms with Crippen molar-refractivity contribution in [3.8, 4) is 0 Å². The van der Waals surface area contributed by atoms with E-state index in [1.165, 1.54) is 0 Å². The maximum Gasteiger partial charge on any atom is 0.308 e. The number of nitrogens with one attached hydrogen (secondary N) is 1. The fourth-order valence-electron chi connectivity index (χ4n) is 3.19. The molecule has 28 heavy (non-hydrogen) atoms. The summed E-state index contributed by atoms with van der Waals surface area (Å²) in [5, 5.41) is 2.89. The molecule has 2 aromatic carbocycles. The van der Waals surface area contributed by atoms with Gasteiger partial charge in [-0.25, -0.2) is 0 Å². The van der Waals surface area contributed by atoms with Crippen molar-refractivity contribution in [2.24, 2.45) is 0 Å². The Balaban J connectivity index is 1.61. The molecule has 6 heteroatoms. The van der Waals surface area contributed by atoms with E-state index in [4.69, 9.17) is 4.74 Å². The lowest BCUT2D eigenvalue weighted by molar-refractivity contribution is -0.152. The van der Waals surface area contributed by atoms with Gasteiger partial charge in [0.2, 0.25) is 0 Å². The van der Waals surface area contributed by atoms with E-state index in [1.54, 1.807) is 29.2 Å². The quantitative estimate of drug-likeness (QED) is 0.750. The predicted molar refractivity (Wildman–Crippen MR) is 104 cm³/mol. The molecule has 2 aromatic rings. The van der Waals surface area contributed by atoms with E-state index in [0.29, 0.717) is 5.56 Å². The van der Waals surface area contributed by atoms with Crippen molar-refractivity contribution in [2.75, 3.05) is 19.7 Å². The van der Waals surface area contributed by atoms with Gasteiger partial charge in [0.05, 0.1) is 12.5 Å². The molecule has 1 aliphatic heterocycles. The highest BCUT2D eigenvalue weighted by Crippen LogP contribution is 2.18. The minimum atomic E-state index is -0.539. The van der Waals surface area contributed by atoms with E-state index in [0.717, 1.165) is 31.5 Å². The van der Waals surface area contributed by atoms with Crippen molar-refractivity contribution in [2.45, 2.75) is 25.3 Å². The van der Waals surface area contributed by atoms with Crippen LogP contribution in [-0.4, -0.2) is 42.4 Å². The number of nitrogens with zero attached hydrogens (tertiary/aromatic N) is 1. The van der Waals surface area contributed by atoms with Gasteiger partial charge in [-0.15, -0.1) is 0 Å². The van der Waals surface area contributed by atoms with Crippen molar-refractivity contribution in [1.29, 1.82) is 0 Å². The zero-order valence-corrected chi connectivity index (χ0v) is 15.7. The largest absolute Gasteiger partial charge is 0.455 e. The SMILES string of the molecule is O=C(CC(NC(=O)c1ccccc1)c1ccccc1)OCC(=O)N1CCCC1. The molecular weight excluding hydrogens is 356 g/mol. The fourth-order valence-corrected chi connectivity index (χ4v) is 3.19. The Hall–Kier alpha value is -3.15. The lowest BCUT2D eigenvalue weighted by atomic mass is 10.0. The molecule has 1 saturated heterocycles. The third kappa shape index (κ3) is 5.42. The van der Waals surface area contributed by atoms with E-state index >= 15 is 0 Å². The number of benzene rings is 2. The summed E-state index contributed by atoms with van der Waals surface area (Å²) in [5.74, 6) is -0.958. The second-order valence-electron chi connectivity index (χ2n) is 6.76. The van der Waals surface area contributed by atoms with Gasteiger partial charge >= 0.3 is 5.97 Å². The minimum Gasteiger partial charge on any atom is -0.455 e. The first-order chi connectivity index (χ1) is 13.6. The molecule has 1 unspecified atom stereocenters. The third-order valence-electron chi connectivity index (χ3n) is 4.73. The molecule has 1 heterocycles. The van der Waals surface area contributed by atoms with Gasteiger partial charge in [-0.2, -0.15) is 0 Å². The Morgan fingerprint density at radius 2 is 1.54 bits per heavy atom. The summed E-state index contributed by atoms with van der Waals surface area (Å²) < 4.78 is 5.17. The number of carbonyl (C=O) groups excluding carboxylic acids is 3. The molecule has 0 saturated carbocycles. The summed E-state index contributed by atoms with van der Waals surface area (Å²) in [5.41, 5.74) is 1.32. The van der Waals surface area contributed by atoms with Crippen LogP contribution >= 0.6 is 0 Å². The lowest BCUT2D eigenvalue weighted by Gasteiger charge is -2.19. The summed E-state index contributed by atoms with van der Waals surface area (Å²) >= 11 is 0. The molecular formula is C22H24N2O4. The van der Waals surface area contributed by atoms with Gasteiger partial charge in [-0.3, -0.25) is 14.4 Å². The number of likely N-dealkylation sites (tertiary alicyclic amines) is 1. The van der Waals surface area contributed by atoms with Crippen molar-refractivity contribution in [3.63, 3.8) is 0 Å². The molecule has 0 bridgehead atoms. The van der Waals surface area contributed by atoms with Gasteiger partial charge in [0, 0.05) is 18.7 Å². The van der Waals surface area contributed by atoms with Crippen LogP contribution in [-0.2, 0) is 14.3 Å². The van der Waals surface area contributed by atoms with Gasteiger partial charge in [0.15, 0.2) is 6.61 Å². The average Bonchev–Trinajstić information content (AvgIpc) is 3.28. The molecule has 1 N–H and O–H groups in total. The molecule has 1 fully saturated rings. The topological polar surface area (TPSA) is 75.7 Å². The number of hydrogen-bond donors (Lipinski definition) is 1. The second-order valence-corrected chi connectivity index (χ2v) is 6.76. The average molecular weight is 380 g/mol. The fraction of sp³-hybridized carbons (Fsp3) is 0.318. The van der Waals surface area contributed by atoms with Gasteiger partial charge in [-0.1, -0.05) is 48.5 Å². The summed E-state index contributed by atoms with van der Waals surface area (Å²) in [6.07, 6.45) is 1.93. The van der Waals surface area contributed by atoms with E-state index in [2.05, 4.69) is 5.32 Å². The Kier molecular flexibility index (Phi) is 6.78. The van der Waals surface area contributed by atoms with Crippen molar-refractivity contribution in [3.05, 3.63) is 71.8 Å². The minimum absolute atomic E-state index is 0.0458. The molecule has 0 spiro atoms. The van der Waals surface area contributed by atoms with Gasteiger partial charge in [-0.05, 0) is 30.5 Å². The molecule has 3 rings (SSSR count). The molecule has 1 aliphatic rings. The Morgan fingerprint density at radius 3 is 2.18 bits per heavy atom. The normalized spacial score (nSPS) is 14.4. The predicted octanol–water partition coefficient (Wildman–Crippen LogP) is 2.71. The number of amides is 2. The van der Waals surface area contributed by atoms with Crippen LogP contribution in [0.5, 0.6) is 0 Å². The summed E-state index contributed by atoms with van der Waals surface area (Å²) in [6.45, 7) is 1.18. The number of carbonyl (C=O) groups is 3. The number of rotatable bonds is 7. The van der Waals surface area contributed by atoms with Crippen molar-refractivity contribution < 1.29 is 19.1 Å². The molecule has 0 aromatic heterocycles. The van der Waals surface area contributed by atoms with E-state index < -0.39 is 12.0 Å². The molecule has 0 aliphatic carbocycles. The summed E-state index contributed by atoms with van der Waals surface area (Å²) in [4.78, 5) is 38.6. The number of ether oxygens (including phenoxy) is 1. The smallest absolute Gasteiger partial charge is 0.308 e. The first kappa shape index (κ1) is 19.6. The molecule has 1 atom stereocenters. The number of hydrogen-bond acceptors (Lipinski definition) is 4. The summed E-state index contributed by atoms with van der Waals surface area (Å²) in [6, 6.07) is 17.5. The van der Waals surface area contributed by atoms with Crippen LogP contribution in [0.4, 0.5) is 0 Å². The highest BCUT2D eigenvalue weighted by Gasteiger charge is 2.22. The van der Waals surface area contributed by atoms with Gasteiger partial charge in [0.1, 0.15) is 0 Å². The maximum absolute atomic E-state index is 12.5. The van der Waals surface area contributed by atoms with E-state index in [1.807, 2.05) is 36.4 Å². The lowest BCUT2D eigenvalue weighted by Crippen LogP contribution is -2.33. The molecule has 2 amide bonds. The van der Waals surface area contributed by atoms with E-state index in [9.17, 15) is 14.4 Å². The first-order valence-electron chi connectivity index (χ1n) is 9.48. The van der Waals surface area contributed by atoms with Crippen LogP contribution in [0.15, 0.2) is 60.7 Å². The van der Waals surface area contributed by atoms with E-state index in [-0.39, 0.29) is 24.8 Å². The second kappa shape index (κ2) is 9.69. The zero-order chi connectivity index (χ0) is 19.8.